The predicted octanol–water partition coefficient (Wildman–Crippen LogP) is 5.64. The highest BCUT2D eigenvalue weighted by Gasteiger charge is 2.76. The van der Waals surface area contributed by atoms with Crippen LogP contribution in [-0.4, -0.2) is 107 Å². The Morgan fingerprint density at radius 3 is 2.41 bits per heavy atom. The van der Waals surface area contributed by atoms with Crippen molar-refractivity contribution in [3.05, 3.63) is 77.0 Å². The van der Waals surface area contributed by atoms with Crippen LogP contribution in [0.25, 0.3) is 6.08 Å². The Kier molecular flexibility index (Phi) is 16.4. The van der Waals surface area contributed by atoms with Crippen molar-refractivity contribution < 1.29 is 57.9 Å². The molecule has 4 N–H and O–H groups in total. The Morgan fingerprint density at radius 1 is 0.984 bits per heavy atom. The summed E-state index contributed by atoms with van der Waals surface area (Å²) in [5.41, 5.74) is 0.482. The normalized spacial score (nSPS) is 25.3. The first-order chi connectivity index (χ1) is 30.3. The molecule has 4 fully saturated rings. The lowest BCUT2D eigenvalue weighted by Crippen LogP contribution is -2.69. The van der Waals surface area contributed by atoms with Crippen molar-refractivity contribution in [3.63, 3.8) is 0 Å². The molecule has 2 aromatic rings. The van der Waals surface area contributed by atoms with E-state index in [1.165, 1.54) is 6.26 Å². The van der Waals surface area contributed by atoms with E-state index in [9.17, 15) is 24.6 Å². The minimum absolute atomic E-state index is 0.0234. The molecular formula is C48H67N3O12. The Morgan fingerprint density at radius 2 is 1.71 bits per heavy atom. The minimum atomic E-state index is -1.42. The number of amides is 2. The van der Waals surface area contributed by atoms with Gasteiger partial charge in [-0.15, -0.1) is 0 Å². The highest BCUT2D eigenvalue weighted by molar-refractivity contribution is 5.95. The van der Waals surface area contributed by atoms with Crippen LogP contribution in [0.2, 0.25) is 0 Å². The van der Waals surface area contributed by atoms with Crippen molar-refractivity contribution in [2.24, 2.45) is 5.41 Å². The smallest absolute Gasteiger partial charge is 0.327 e. The van der Waals surface area contributed by atoms with Gasteiger partial charge in [-0.2, -0.15) is 5.06 Å². The predicted molar refractivity (Wildman–Crippen MR) is 232 cm³/mol. The lowest BCUT2D eigenvalue weighted by Gasteiger charge is -2.48. The van der Waals surface area contributed by atoms with Gasteiger partial charge in [-0.25, -0.2) is 0 Å². The molecule has 15 heteroatoms. The summed E-state index contributed by atoms with van der Waals surface area (Å²) in [6.07, 6.45) is 7.89. The van der Waals surface area contributed by atoms with Crippen molar-refractivity contribution in [1.82, 2.24) is 15.7 Å². The molecule has 63 heavy (non-hydrogen) atoms. The van der Waals surface area contributed by atoms with Crippen LogP contribution in [0, 0.1) is 5.41 Å². The fourth-order valence-electron chi connectivity index (χ4n) is 9.28. The van der Waals surface area contributed by atoms with Crippen LogP contribution < -0.4 is 10.6 Å². The van der Waals surface area contributed by atoms with Gasteiger partial charge in [-0.3, -0.25) is 24.0 Å². The van der Waals surface area contributed by atoms with Gasteiger partial charge in [0.2, 0.25) is 5.91 Å². The number of fused-ring (bicyclic) bond motifs is 4. The highest BCUT2D eigenvalue weighted by atomic mass is 16.8. The number of ether oxygens (including phenoxy) is 5. The monoisotopic (exact) mass is 877 g/mol. The molecule has 1 saturated carbocycles. The summed E-state index contributed by atoms with van der Waals surface area (Å²) in [5, 5.41) is 26.6. The third-order valence-corrected chi connectivity index (χ3v) is 12.2. The summed E-state index contributed by atoms with van der Waals surface area (Å²) >= 11 is 0. The number of nitrogens with one attached hydrogen (secondary N) is 2. The van der Waals surface area contributed by atoms with Crippen molar-refractivity contribution in [1.29, 1.82) is 0 Å². The van der Waals surface area contributed by atoms with Crippen molar-refractivity contribution >= 4 is 29.8 Å². The van der Waals surface area contributed by atoms with Gasteiger partial charge in [0.05, 0.1) is 32.1 Å². The molecule has 0 aromatic heterocycles. The number of hydrogen-bond acceptors (Lipinski definition) is 13. The summed E-state index contributed by atoms with van der Waals surface area (Å²) < 4.78 is 30.9. The molecule has 2 unspecified atom stereocenters. The fraction of sp³-hybridized carbons (Fsp3) is 0.625. The van der Waals surface area contributed by atoms with E-state index in [1.54, 1.807) is 56.2 Å². The van der Waals surface area contributed by atoms with E-state index < -0.39 is 77.1 Å². The molecule has 2 aromatic carbocycles. The second-order valence-corrected chi connectivity index (χ2v) is 18.2. The molecule has 346 valence electrons. The van der Waals surface area contributed by atoms with Gasteiger partial charge >= 0.3 is 11.9 Å². The molecule has 2 bridgehead atoms. The number of hydroxylamine groups is 2. The van der Waals surface area contributed by atoms with Gasteiger partial charge in [0.15, 0.2) is 11.8 Å². The van der Waals surface area contributed by atoms with Gasteiger partial charge in [0, 0.05) is 37.8 Å². The van der Waals surface area contributed by atoms with E-state index >= 15 is 4.79 Å². The molecular weight excluding hydrogens is 811 g/mol. The number of benzene rings is 2. The Bertz CT molecular complexity index is 1910. The zero-order chi connectivity index (χ0) is 45.2. The number of carbonyl (C=O) groups is 4. The molecule has 3 saturated heterocycles. The third-order valence-electron chi connectivity index (χ3n) is 12.2. The number of nitrogens with zero attached hydrogens (tertiary/aromatic N) is 1. The quantitative estimate of drug-likeness (QED) is 0.0611. The average molecular weight is 878 g/mol. The molecule has 4 aliphatic rings. The van der Waals surface area contributed by atoms with E-state index in [0.717, 1.165) is 49.7 Å². The topological polar surface area (TPSA) is 191 Å². The Hall–Kier alpha value is -4.38. The summed E-state index contributed by atoms with van der Waals surface area (Å²) in [7, 11) is 0. The van der Waals surface area contributed by atoms with E-state index in [-0.39, 0.29) is 52.2 Å². The SMILES string of the molecule is CCCCCC1(CCCCC)O[C@@H]2[C@H]3ON(Cc4ccccc4C=COCCO)[C@H]4C(=O)OC(CC34C(=O)NCc3cccc(C(=O)N[C@H](CO)CCC(=O)OC(C)(C)C)c3)[C@@H]2O1. The lowest BCUT2D eigenvalue weighted by atomic mass is 9.62. The van der Waals surface area contributed by atoms with Gasteiger partial charge in [0.25, 0.3) is 5.91 Å². The Balaban J connectivity index is 1.25. The number of esters is 2. The van der Waals surface area contributed by atoms with Crippen LogP contribution in [-0.2, 0) is 56.0 Å². The van der Waals surface area contributed by atoms with E-state index in [1.807, 2.05) is 24.3 Å². The van der Waals surface area contributed by atoms with Crippen LogP contribution in [0.3, 0.4) is 0 Å². The second kappa shape index (κ2) is 21.5. The second-order valence-electron chi connectivity index (χ2n) is 18.2. The summed E-state index contributed by atoms with van der Waals surface area (Å²) in [6, 6.07) is 12.6. The standard InChI is InChI=1S/C48H67N3O12/c1-6-8-12-22-47(23-13-9-7-2)61-39-37-28-48(45(57)49-29-32-15-14-18-34(27-32)43(55)50-36(31-53)19-20-38(54)60-46(3,4)5)41(44(56)59-37)51(63-42(48)40(39)62-47)30-35-17-11-10-16-33(35)21-25-58-26-24-52/h10-11,14-18,21,25,27,36-37,39-42,52-53H,6-9,12-13,19-20,22-24,26,28-31H2,1-5H3,(H,49,57)(H,50,55)/t36-,37?,39-,40-,41-,42+,48?/m0/s1. The van der Waals surface area contributed by atoms with Crippen LogP contribution >= 0.6 is 0 Å². The minimum Gasteiger partial charge on any atom is -0.499 e. The largest absolute Gasteiger partial charge is 0.499 e. The third kappa shape index (κ3) is 11.5. The molecule has 0 spiro atoms. The number of hydrogen-bond donors (Lipinski definition) is 4. The van der Waals surface area contributed by atoms with Gasteiger partial charge in [-0.1, -0.05) is 75.9 Å². The molecule has 15 nitrogen and oxygen atoms in total. The number of rotatable bonds is 23. The van der Waals surface area contributed by atoms with Gasteiger partial charge < -0.3 is 44.5 Å². The van der Waals surface area contributed by atoms with E-state index in [2.05, 4.69) is 24.5 Å². The van der Waals surface area contributed by atoms with Crippen molar-refractivity contribution in [2.75, 3.05) is 19.8 Å². The molecule has 3 heterocycles. The first kappa shape index (κ1) is 48.1. The maximum Gasteiger partial charge on any atom is 0.327 e. The number of aliphatic hydroxyl groups is 2. The molecule has 2 amide bonds. The number of carbonyl (C=O) groups excluding carboxylic acids is 4. The highest BCUT2D eigenvalue weighted by Crippen LogP contribution is 2.58. The maximum absolute atomic E-state index is 15.1. The molecule has 0 radical (unpaired) electrons. The van der Waals surface area contributed by atoms with Gasteiger partial charge in [-0.05, 0) is 74.9 Å². The first-order valence-electron chi connectivity index (χ1n) is 22.7. The summed E-state index contributed by atoms with van der Waals surface area (Å²) in [6.45, 7) is 9.44. The zero-order valence-corrected chi connectivity index (χ0v) is 37.5. The van der Waals surface area contributed by atoms with Crippen LogP contribution in [0.4, 0.5) is 0 Å². The fourth-order valence-corrected chi connectivity index (χ4v) is 9.28. The lowest BCUT2D eigenvalue weighted by molar-refractivity contribution is -0.224. The van der Waals surface area contributed by atoms with Crippen molar-refractivity contribution in [3.8, 4) is 0 Å². The Labute approximate surface area is 371 Å². The van der Waals surface area contributed by atoms with E-state index in [4.69, 9.17) is 28.5 Å². The van der Waals surface area contributed by atoms with E-state index in [0.29, 0.717) is 24.0 Å². The van der Waals surface area contributed by atoms with Crippen LogP contribution in [0.1, 0.15) is 132 Å². The molecule has 3 aliphatic heterocycles. The number of unbranched alkanes of at least 4 members (excludes halogenated alkanes) is 4. The molecule has 7 atom stereocenters. The average Bonchev–Trinajstić information content (AvgIpc) is 3.81. The molecule has 6 rings (SSSR count). The summed E-state index contributed by atoms with van der Waals surface area (Å²) in [5.74, 6) is -2.76. The number of aliphatic hydroxyl groups excluding tert-OH is 2. The summed E-state index contributed by atoms with van der Waals surface area (Å²) in [4.78, 5) is 61.9. The van der Waals surface area contributed by atoms with Crippen LogP contribution in [0.15, 0.2) is 54.8 Å². The molecule has 1 aliphatic carbocycles. The van der Waals surface area contributed by atoms with Gasteiger partial charge in [0.1, 0.15) is 42.0 Å². The van der Waals surface area contributed by atoms with Crippen LogP contribution in [0.5, 0.6) is 0 Å². The maximum atomic E-state index is 15.1. The van der Waals surface area contributed by atoms with Crippen molar-refractivity contribution in [2.45, 2.75) is 166 Å². The first-order valence-corrected chi connectivity index (χ1v) is 22.7. The zero-order valence-electron chi connectivity index (χ0n) is 37.5.